The number of nitrogens with two attached hydrogens (primary N) is 1. The van der Waals surface area contributed by atoms with Gasteiger partial charge in [0, 0.05) is 29.7 Å². The van der Waals surface area contributed by atoms with E-state index >= 15 is 0 Å². The van der Waals surface area contributed by atoms with Crippen molar-refractivity contribution in [1.82, 2.24) is 4.98 Å². The van der Waals surface area contributed by atoms with E-state index in [0.29, 0.717) is 6.04 Å². The Bertz CT molecular complexity index is 320. The van der Waals surface area contributed by atoms with Crippen LogP contribution >= 0.6 is 11.3 Å². The molecule has 0 fully saturated rings. The smallest absolute Gasteiger partial charge is 0.185 e. The molecule has 0 spiro atoms. The number of rotatable bonds is 7. The van der Waals surface area contributed by atoms with Crippen LogP contribution in [0.4, 0.5) is 5.13 Å². The lowest BCUT2D eigenvalue weighted by Crippen LogP contribution is -2.31. The van der Waals surface area contributed by atoms with E-state index in [-0.39, 0.29) is 6.04 Å². The summed E-state index contributed by atoms with van der Waals surface area (Å²) in [4.78, 5) is 8.05. The number of hydrogen-bond acceptors (Lipinski definition) is 4. The van der Waals surface area contributed by atoms with Crippen LogP contribution in [0.2, 0.25) is 0 Å². The highest BCUT2D eigenvalue weighted by atomic mass is 32.1. The average Bonchev–Trinajstić information content (AvgIpc) is 2.73. The highest BCUT2D eigenvalue weighted by Crippen LogP contribution is 2.27. The van der Waals surface area contributed by atoms with Gasteiger partial charge in [-0.25, -0.2) is 4.98 Å². The van der Waals surface area contributed by atoms with Gasteiger partial charge in [0.25, 0.3) is 0 Å². The zero-order valence-electron chi connectivity index (χ0n) is 11.4. The first-order valence-electron chi connectivity index (χ1n) is 6.54. The van der Waals surface area contributed by atoms with Crippen molar-refractivity contribution >= 4 is 16.5 Å². The predicted molar refractivity (Wildman–Crippen MR) is 76.7 cm³/mol. The molecule has 3 nitrogen and oxygen atoms in total. The lowest BCUT2D eigenvalue weighted by atomic mass is 10.2. The molecule has 98 valence electrons. The minimum absolute atomic E-state index is 0.0888. The Hall–Kier alpha value is -0.610. The first-order valence-corrected chi connectivity index (χ1v) is 7.35. The maximum absolute atomic E-state index is 5.88. The largest absolute Gasteiger partial charge is 0.346 e. The van der Waals surface area contributed by atoms with Gasteiger partial charge in [0.2, 0.25) is 0 Å². The highest BCUT2D eigenvalue weighted by molar-refractivity contribution is 7.15. The maximum Gasteiger partial charge on any atom is 0.185 e. The molecule has 0 aliphatic rings. The summed E-state index contributed by atoms with van der Waals surface area (Å²) >= 11 is 1.73. The van der Waals surface area contributed by atoms with E-state index in [1.165, 1.54) is 24.1 Å². The first-order chi connectivity index (χ1) is 8.06. The van der Waals surface area contributed by atoms with E-state index in [9.17, 15) is 0 Å². The van der Waals surface area contributed by atoms with E-state index < -0.39 is 0 Å². The summed E-state index contributed by atoms with van der Waals surface area (Å²) in [6.07, 6.45) is 5.70. The second-order valence-corrected chi connectivity index (χ2v) is 5.87. The molecule has 0 bridgehead atoms. The van der Waals surface area contributed by atoms with Gasteiger partial charge < -0.3 is 10.6 Å². The normalized spacial score (nSPS) is 13.1. The van der Waals surface area contributed by atoms with Crippen molar-refractivity contribution in [2.75, 3.05) is 11.4 Å². The van der Waals surface area contributed by atoms with Crippen LogP contribution in [-0.4, -0.2) is 17.6 Å². The molecule has 4 heteroatoms. The van der Waals surface area contributed by atoms with Crippen LogP contribution < -0.4 is 10.6 Å². The van der Waals surface area contributed by atoms with Gasteiger partial charge in [-0.15, -0.1) is 11.3 Å². The molecule has 1 heterocycles. The summed E-state index contributed by atoms with van der Waals surface area (Å²) in [6, 6.07) is 0.588. The number of thiazole rings is 1. The lowest BCUT2D eigenvalue weighted by Gasteiger charge is -2.26. The Morgan fingerprint density at radius 1 is 1.35 bits per heavy atom. The zero-order chi connectivity index (χ0) is 12.8. The standard InChI is InChI=1S/C13H25N3S/c1-5-6-7-8-16(10(2)3)13-15-9-12(17-13)11(4)14/h9-11H,5-8,14H2,1-4H3. The van der Waals surface area contributed by atoms with Crippen molar-refractivity contribution in [2.24, 2.45) is 5.73 Å². The fourth-order valence-electron chi connectivity index (χ4n) is 1.73. The van der Waals surface area contributed by atoms with Crippen LogP contribution in [0.25, 0.3) is 0 Å². The van der Waals surface area contributed by atoms with Crippen LogP contribution in [-0.2, 0) is 0 Å². The van der Waals surface area contributed by atoms with Crippen LogP contribution in [0.5, 0.6) is 0 Å². The SMILES string of the molecule is CCCCCN(c1ncc(C(C)N)s1)C(C)C. The van der Waals surface area contributed by atoms with Gasteiger partial charge in [0.15, 0.2) is 5.13 Å². The third kappa shape index (κ3) is 4.28. The molecule has 0 aliphatic carbocycles. The molecule has 17 heavy (non-hydrogen) atoms. The highest BCUT2D eigenvalue weighted by Gasteiger charge is 2.15. The fraction of sp³-hybridized carbons (Fsp3) is 0.769. The van der Waals surface area contributed by atoms with Crippen molar-refractivity contribution < 1.29 is 0 Å². The quantitative estimate of drug-likeness (QED) is 0.757. The molecule has 0 radical (unpaired) electrons. The third-order valence-electron chi connectivity index (χ3n) is 2.83. The molecule has 1 rings (SSSR count). The van der Waals surface area contributed by atoms with Crippen molar-refractivity contribution in [3.8, 4) is 0 Å². The number of hydrogen-bond donors (Lipinski definition) is 1. The van der Waals surface area contributed by atoms with Crippen molar-refractivity contribution in [2.45, 2.75) is 59.0 Å². The van der Waals surface area contributed by atoms with Crippen molar-refractivity contribution in [3.05, 3.63) is 11.1 Å². The molecule has 1 unspecified atom stereocenters. The Morgan fingerprint density at radius 3 is 2.53 bits per heavy atom. The van der Waals surface area contributed by atoms with Gasteiger partial charge in [0.1, 0.15) is 0 Å². The number of unbranched alkanes of at least 4 members (excludes halogenated alkanes) is 2. The monoisotopic (exact) mass is 255 g/mol. The van der Waals surface area contributed by atoms with Crippen LogP contribution in [0, 0.1) is 0 Å². The lowest BCUT2D eigenvalue weighted by molar-refractivity contribution is 0.624. The number of nitrogens with zero attached hydrogens (tertiary/aromatic N) is 2. The number of anilines is 1. The van der Waals surface area contributed by atoms with Crippen molar-refractivity contribution in [1.29, 1.82) is 0 Å². The molecular formula is C13H25N3S. The Morgan fingerprint density at radius 2 is 2.06 bits per heavy atom. The van der Waals surface area contributed by atoms with Gasteiger partial charge in [-0.3, -0.25) is 0 Å². The molecule has 0 aliphatic heterocycles. The second kappa shape index (κ2) is 6.97. The van der Waals surface area contributed by atoms with E-state index in [1.54, 1.807) is 11.3 Å². The summed E-state index contributed by atoms with van der Waals surface area (Å²) in [7, 11) is 0. The Labute approximate surface area is 109 Å². The van der Waals surface area contributed by atoms with E-state index in [1.807, 2.05) is 13.1 Å². The van der Waals surface area contributed by atoms with E-state index in [2.05, 4.69) is 30.7 Å². The summed E-state index contributed by atoms with van der Waals surface area (Å²) in [5, 5.41) is 1.11. The minimum atomic E-state index is 0.0888. The van der Waals surface area contributed by atoms with Crippen LogP contribution in [0.1, 0.15) is 57.9 Å². The molecule has 2 N–H and O–H groups in total. The summed E-state index contributed by atoms with van der Waals surface area (Å²) < 4.78 is 0. The van der Waals surface area contributed by atoms with Gasteiger partial charge in [0.05, 0.1) is 0 Å². The first kappa shape index (κ1) is 14.5. The Kier molecular flexibility index (Phi) is 5.92. The third-order valence-corrected chi connectivity index (χ3v) is 4.07. The molecule has 0 aromatic carbocycles. The van der Waals surface area contributed by atoms with Crippen LogP contribution in [0.3, 0.4) is 0 Å². The molecule has 0 amide bonds. The summed E-state index contributed by atoms with van der Waals surface area (Å²) in [5.74, 6) is 0. The average molecular weight is 255 g/mol. The molecule has 0 saturated heterocycles. The van der Waals surface area contributed by atoms with Gasteiger partial charge in [-0.05, 0) is 27.2 Å². The summed E-state index contributed by atoms with van der Waals surface area (Å²) in [5.41, 5.74) is 5.88. The van der Waals surface area contributed by atoms with E-state index in [4.69, 9.17) is 5.73 Å². The molecule has 0 saturated carbocycles. The van der Waals surface area contributed by atoms with E-state index in [0.717, 1.165) is 11.7 Å². The minimum Gasteiger partial charge on any atom is -0.346 e. The predicted octanol–water partition coefficient (Wildman–Crippen LogP) is 3.57. The maximum atomic E-state index is 5.88. The summed E-state index contributed by atoms with van der Waals surface area (Å²) in [6.45, 7) is 9.78. The second-order valence-electron chi connectivity index (χ2n) is 4.83. The molecule has 1 atom stereocenters. The van der Waals surface area contributed by atoms with Crippen LogP contribution in [0.15, 0.2) is 6.20 Å². The molecule has 1 aromatic heterocycles. The topological polar surface area (TPSA) is 42.2 Å². The molecular weight excluding hydrogens is 230 g/mol. The zero-order valence-corrected chi connectivity index (χ0v) is 12.3. The van der Waals surface area contributed by atoms with Gasteiger partial charge in [-0.1, -0.05) is 19.8 Å². The fourth-order valence-corrected chi connectivity index (χ4v) is 2.75. The van der Waals surface area contributed by atoms with Gasteiger partial charge >= 0.3 is 0 Å². The number of aromatic nitrogens is 1. The van der Waals surface area contributed by atoms with Gasteiger partial charge in [-0.2, -0.15) is 0 Å². The molecule has 1 aromatic rings. The Balaban J connectivity index is 2.68. The van der Waals surface area contributed by atoms with Crippen molar-refractivity contribution in [3.63, 3.8) is 0 Å².